The number of hydrogen-bond donors (Lipinski definition) is 0. The first-order valence-electron chi connectivity index (χ1n) is 10.7. The maximum atomic E-state index is 12.1. The minimum Gasteiger partial charge on any atom is -0.370 e. The van der Waals surface area contributed by atoms with E-state index in [1.807, 2.05) is 0 Å². The van der Waals surface area contributed by atoms with Crippen LogP contribution in [0.5, 0.6) is 0 Å². The largest absolute Gasteiger partial charge is 0.370 e. The van der Waals surface area contributed by atoms with Gasteiger partial charge in [-0.2, -0.15) is 0 Å². The second-order valence-corrected chi connectivity index (χ2v) is 19.6. The van der Waals surface area contributed by atoms with Crippen LogP contribution < -0.4 is 10.4 Å². The third kappa shape index (κ3) is 5.75. The Morgan fingerprint density at radius 1 is 0.963 bits per heavy atom. The first-order chi connectivity index (χ1) is 12.8. The number of fused-ring (bicyclic) bond motifs is 1. The minimum absolute atomic E-state index is 0.540. The van der Waals surface area contributed by atoms with E-state index in [-0.39, 0.29) is 0 Å². The van der Waals surface area contributed by atoms with Crippen LogP contribution in [0.2, 0.25) is 38.3 Å². The Bertz CT molecular complexity index is 603. The van der Waals surface area contributed by atoms with Crippen LogP contribution in [-0.4, -0.2) is 41.8 Å². The van der Waals surface area contributed by atoms with E-state index in [9.17, 15) is 4.39 Å². The Morgan fingerprint density at radius 3 is 2.19 bits per heavy atom. The van der Waals surface area contributed by atoms with Gasteiger partial charge in [0.2, 0.25) is 0 Å². The Morgan fingerprint density at radius 2 is 1.59 bits per heavy atom. The van der Waals surface area contributed by atoms with E-state index in [0.29, 0.717) is 18.8 Å². The highest BCUT2D eigenvalue weighted by molar-refractivity contribution is 6.91. The first kappa shape index (κ1) is 21.2. The predicted octanol–water partition coefficient (Wildman–Crippen LogP) is 4.81. The van der Waals surface area contributed by atoms with Crippen molar-refractivity contribution >= 4 is 26.5 Å². The molecule has 0 spiro atoms. The molecule has 0 N–H and O–H groups in total. The first-order valence-corrected chi connectivity index (χ1v) is 17.1. The number of alkyl halides is 1. The SMILES string of the molecule is C[Si](C)(CCCOCF)c1ccc([Si](C)(C)CCC2CCC3OC3C2)cc1. The fourth-order valence-corrected chi connectivity index (χ4v) is 9.52. The van der Waals surface area contributed by atoms with Crippen LogP contribution in [0.3, 0.4) is 0 Å². The molecule has 1 heterocycles. The highest BCUT2D eigenvalue weighted by Crippen LogP contribution is 2.41. The topological polar surface area (TPSA) is 21.8 Å². The molecule has 1 aromatic rings. The lowest BCUT2D eigenvalue weighted by molar-refractivity contribution is 0.0583. The van der Waals surface area contributed by atoms with Crippen molar-refractivity contribution in [3.8, 4) is 0 Å². The van der Waals surface area contributed by atoms with Crippen molar-refractivity contribution < 1.29 is 13.9 Å². The van der Waals surface area contributed by atoms with E-state index in [1.165, 1.54) is 36.9 Å². The lowest BCUT2D eigenvalue weighted by Gasteiger charge is -2.28. The number of ether oxygens (including phenoxy) is 2. The average molecular weight is 409 g/mol. The van der Waals surface area contributed by atoms with Crippen molar-refractivity contribution in [2.24, 2.45) is 5.92 Å². The summed E-state index contributed by atoms with van der Waals surface area (Å²) in [6, 6.07) is 12.1. The molecule has 0 radical (unpaired) electrons. The highest BCUT2D eigenvalue weighted by atomic mass is 28.3. The lowest BCUT2D eigenvalue weighted by Crippen LogP contribution is -2.45. The normalized spacial score (nSPS) is 25.3. The lowest BCUT2D eigenvalue weighted by atomic mass is 9.87. The predicted molar refractivity (Wildman–Crippen MR) is 117 cm³/mol. The summed E-state index contributed by atoms with van der Waals surface area (Å²) in [6.45, 7) is 9.76. The van der Waals surface area contributed by atoms with Crippen LogP contribution in [0.4, 0.5) is 4.39 Å². The summed E-state index contributed by atoms with van der Waals surface area (Å²) in [4.78, 5) is 0. The summed E-state index contributed by atoms with van der Waals surface area (Å²) in [5, 5.41) is 3.11. The molecule has 2 fully saturated rings. The second-order valence-electron chi connectivity index (χ2n) is 9.90. The molecule has 0 aromatic heterocycles. The standard InChI is InChI=1S/C22H37FO2Si2/c1-26(2,14-5-13-24-17-23)19-7-9-20(10-8-19)27(3,4)15-12-18-6-11-21-22(16-18)25-21/h7-10,18,21-22H,5-6,11-17H2,1-4H3. The molecule has 3 atom stereocenters. The van der Waals surface area contributed by atoms with Gasteiger partial charge in [-0.3, -0.25) is 0 Å². The van der Waals surface area contributed by atoms with Crippen molar-refractivity contribution in [2.45, 2.75) is 82.6 Å². The van der Waals surface area contributed by atoms with Gasteiger partial charge in [-0.05, 0) is 31.6 Å². The van der Waals surface area contributed by atoms with Gasteiger partial charge < -0.3 is 9.47 Å². The van der Waals surface area contributed by atoms with Gasteiger partial charge in [0.25, 0.3) is 0 Å². The van der Waals surface area contributed by atoms with Crippen LogP contribution in [0, 0.1) is 5.92 Å². The third-order valence-electron chi connectivity index (χ3n) is 6.91. The number of hydrogen-bond acceptors (Lipinski definition) is 2. The molecule has 152 valence electrons. The zero-order chi connectivity index (χ0) is 19.5. The van der Waals surface area contributed by atoms with Crippen molar-refractivity contribution in [3.05, 3.63) is 24.3 Å². The Labute approximate surface area is 166 Å². The van der Waals surface area contributed by atoms with E-state index in [2.05, 4.69) is 50.5 Å². The molecule has 27 heavy (non-hydrogen) atoms. The molecule has 1 aromatic carbocycles. The van der Waals surface area contributed by atoms with Crippen LogP contribution >= 0.6 is 0 Å². The zero-order valence-corrected chi connectivity index (χ0v) is 19.6. The molecule has 2 aliphatic rings. The number of epoxide rings is 1. The fourth-order valence-electron chi connectivity index (χ4n) is 4.65. The van der Waals surface area contributed by atoms with E-state index >= 15 is 0 Å². The Balaban J connectivity index is 1.52. The van der Waals surface area contributed by atoms with Crippen molar-refractivity contribution in [2.75, 3.05) is 13.5 Å². The summed E-state index contributed by atoms with van der Waals surface area (Å²) in [7, 11) is -2.84. The highest BCUT2D eigenvalue weighted by Gasteiger charge is 2.43. The zero-order valence-electron chi connectivity index (χ0n) is 17.6. The molecule has 2 nitrogen and oxygen atoms in total. The molecule has 0 amide bonds. The molecule has 0 bridgehead atoms. The van der Waals surface area contributed by atoms with Gasteiger partial charge in [-0.25, -0.2) is 4.39 Å². The fraction of sp³-hybridized carbons (Fsp3) is 0.727. The Kier molecular flexibility index (Phi) is 6.99. The van der Waals surface area contributed by atoms with Gasteiger partial charge in [-0.15, -0.1) is 0 Å². The smallest absolute Gasteiger partial charge is 0.188 e. The van der Waals surface area contributed by atoms with E-state index in [4.69, 9.17) is 9.47 Å². The number of benzene rings is 1. The maximum Gasteiger partial charge on any atom is 0.188 e. The minimum atomic E-state index is -1.46. The van der Waals surface area contributed by atoms with Crippen LogP contribution in [-0.2, 0) is 9.47 Å². The molecule has 5 heteroatoms. The van der Waals surface area contributed by atoms with Crippen molar-refractivity contribution in [1.82, 2.24) is 0 Å². The summed E-state index contributed by atoms with van der Waals surface area (Å²) in [5.74, 6) is 0.887. The summed E-state index contributed by atoms with van der Waals surface area (Å²) in [6.07, 6.45) is 7.53. The molecular formula is C22H37FO2Si2. The Hall–Kier alpha value is -0.496. The quantitative estimate of drug-likeness (QED) is 0.315. The van der Waals surface area contributed by atoms with E-state index < -0.39 is 23.0 Å². The molecule has 1 saturated heterocycles. The van der Waals surface area contributed by atoms with Gasteiger partial charge in [-0.1, -0.05) is 79.3 Å². The van der Waals surface area contributed by atoms with Gasteiger partial charge in [0, 0.05) is 6.61 Å². The van der Waals surface area contributed by atoms with Gasteiger partial charge in [0.05, 0.1) is 28.4 Å². The summed E-state index contributed by atoms with van der Waals surface area (Å²) in [5.41, 5.74) is 0. The summed E-state index contributed by atoms with van der Waals surface area (Å²) < 4.78 is 22.6. The summed E-state index contributed by atoms with van der Waals surface area (Å²) >= 11 is 0. The van der Waals surface area contributed by atoms with E-state index in [0.717, 1.165) is 18.4 Å². The van der Waals surface area contributed by atoms with E-state index in [1.54, 1.807) is 5.19 Å². The number of halogens is 1. The molecular weight excluding hydrogens is 371 g/mol. The van der Waals surface area contributed by atoms with Crippen molar-refractivity contribution in [3.63, 3.8) is 0 Å². The van der Waals surface area contributed by atoms with Gasteiger partial charge in [0.1, 0.15) is 0 Å². The molecule has 1 aliphatic carbocycles. The molecule has 3 rings (SSSR count). The van der Waals surface area contributed by atoms with Crippen LogP contribution in [0.15, 0.2) is 24.3 Å². The van der Waals surface area contributed by atoms with Gasteiger partial charge in [0.15, 0.2) is 6.86 Å². The molecule has 1 aliphatic heterocycles. The number of rotatable bonds is 10. The van der Waals surface area contributed by atoms with Gasteiger partial charge >= 0.3 is 0 Å². The van der Waals surface area contributed by atoms with Crippen LogP contribution in [0.1, 0.15) is 32.1 Å². The monoisotopic (exact) mass is 408 g/mol. The average Bonchev–Trinajstić information content (AvgIpc) is 3.43. The van der Waals surface area contributed by atoms with Crippen molar-refractivity contribution in [1.29, 1.82) is 0 Å². The third-order valence-corrected chi connectivity index (χ3v) is 13.8. The molecule has 1 saturated carbocycles. The maximum absolute atomic E-state index is 12.1. The molecule has 3 unspecified atom stereocenters. The van der Waals surface area contributed by atoms with Crippen LogP contribution in [0.25, 0.3) is 0 Å². The second kappa shape index (κ2) is 8.89.